The van der Waals surface area contributed by atoms with Gasteiger partial charge in [-0.25, -0.2) is 0 Å². The normalized spacial score (nSPS) is 33.9. The predicted molar refractivity (Wildman–Crippen MR) is 67.1 cm³/mol. The standard InChI is InChI=1S/C9H16N2S.2ClH/c1-2-10-3-8(1)11-4-9(5-11)6-12-7-9;;/h8,10H,1-7H2;2*1H/t8-;;/m0../s1. The molecule has 0 saturated carbocycles. The van der Waals surface area contributed by atoms with E-state index in [1.54, 1.807) is 0 Å². The van der Waals surface area contributed by atoms with Crippen LogP contribution in [0.2, 0.25) is 0 Å². The number of hydrogen-bond donors (Lipinski definition) is 1. The largest absolute Gasteiger partial charge is 0.315 e. The van der Waals surface area contributed by atoms with Crippen LogP contribution >= 0.6 is 36.6 Å². The van der Waals surface area contributed by atoms with Gasteiger partial charge in [-0.15, -0.1) is 24.8 Å². The molecule has 0 amide bonds. The molecule has 0 aromatic carbocycles. The number of nitrogens with one attached hydrogen (secondary N) is 1. The van der Waals surface area contributed by atoms with Crippen LogP contribution in [0, 0.1) is 5.41 Å². The summed E-state index contributed by atoms with van der Waals surface area (Å²) in [4.78, 5) is 2.68. The molecule has 14 heavy (non-hydrogen) atoms. The third-order valence-electron chi connectivity index (χ3n) is 3.44. The molecule has 0 aromatic heterocycles. The zero-order valence-corrected chi connectivity index (χ0v) is 10.6. The molecule has 2 nitrogen and oxygen atoms in total. The van der Waals surface area contributed by atoms with Gasteiger partial charge in [-0.2, -0.15) is 11.8 Å². The maximum atomic E-state index is 3.44. The van der Waals surface area contributed by atoms with E-state index in [-0.39, 0.29) is 24.8 Å². The molecule has 0 aliphatic carbocycles. The smallest absolute Gasteiger partial charge is 0.0233 e. The van der Waals surface area contributed by atoms with Crippen molar-refractivity contribution in [2.24, 2.45) is 5.41 Å². The minimum atomic E-state index is 0. The van der Waals surface area contributed by atoms with Crippen molar-refractivity contribution in [2.45, 2.75) is 12.5 Å². The van der Waals surface area contributed by atoms with Crippen LogP contribution in [0.5, 0.6) is 0 Å². The topological polar surface area (TPSA) is 15.3 Å². The lowest BCUT2D eigenvalue weighted by Gasteiger charge is -2.57. The summed E-state index contributed by atoms with van der Waals surface area (Å²) in [5.41, 5.74) is 0.785. The molecule has 0 bridgehead atoms. The van der Waals surface area contributed by atoms with E-state index in [1.165, 1.54) is 44.1 Å². The van der Waals surface area contributed by atoms with Gasteiger partial charge in [-0.05, 0) is 13.0 Å². The molecule has 0 radical (unpaired) electrons. The van der Waals surface area contributed by atoms with Gasteiger partial charge in [-0.3, -0.25) is 4.90 Å². The highest BCUT2D eigenvalue weighted by Gasteiger charge is 2.49. The van der Waals surface area contributed by atoms with Gasteiger partial charge in [0.25, 0.3) is 0 Å². The second-order valence-electron chi connectivity index (χ2n) is 4.54. The molecule has 1 atom stereocenters. The van der Waals surface area contributed by atoms with Crippen molar-refractivity contribution < 1.29 is 0 Å². The Bertz CT molecular complexity index is 185. The average molecular weight is 257 g/mol. The molecule has 3 saturated heterocycles. The van der Waals surface area contributed by atoms with Crippen LogP contribution in [0.1, 0.15) is 6.42 Å². The maximum Gasteiger partial charge on any atom is 0.0233 e. The average Bonchev–Trinajstić information content (AvgIpc) is 2.32. The molecule has 1 spiro atoms. The van der Waals surface area contributed by atoms with Crippen molar-refractivity contribution in [1.82, 2.24) is 10.2 Å². The first-order valence-corrected chi connectivity index (χ1v) is 6.06. The predicted octanol–water partition coefficient (Wildman–Crippen LogP) is 1.24. The van der Waals surface area contributed by atoms with E-state index in [2.05, 4.69) is 22.0 Å². The fourth-order valence-corrected chi connectivity index (χ4v) is 3.74. The van der Waals surface area contributed by atoms with Crippen LogP contribution in [0.15, 0.2) is 0 Å². The van der Waals surface area contributed by atoms with E-state index in [4.69, 9.17) is 0 Å². The number of likely N-dealkylation sites (tertiary alicyclic amines) is 1. The number of thioether (sulfide) groups is 1. The Morgan fingerprint density at radius 3 is 2.36 bits per heavy atom. The SMILES string of the molecule is C1C[C@H](N2CC3(CSC3)C2)CN1.Cl.Cl. The fourth-order valence-electron chi connectivity index (χ4n) is 2.60. The summed E-state index contributed by atoms with van der Waals surface area (Å²) < 4.78 is 0. The van der Waals surface area contributed by atoms with E-state index in [9.17, 15) is 0 Å². The Morgan fingerprint density at radius 2 is 1.93 bits per heavy atom. The molecule has 3 aliphatic heterocycles. The summed E-state index contributed by atoms with van der Waals surface area (Å²) in [6.45, 7) is 5.27. The fraction of sp³-hybridized carbons (Fsp3) is 1.00. The molecule has 3 aliphatic rings. The quantitative estimate of drug-likeness (QED) is 0.761. The first-order chi connectivity index (χ1) is 5.88. The van der Waals surface area contributed by atoms with Crippen LogP contribution in [0.25, 0.3) is 0 Å². The van der Waals surface area contributed by atoms with Gasteiger partial charge in [0.1, 0.15) is 0 Å². The molecular weight excluding hydrogens is 239 g/mol. The zero-order chi connectivity index (χ0) is 8.02. The van der Waals surface area contributed by atoms with E-state index in [1.807, 2.05) is 0 Å². The first kappa shape index (κ1) is 12.9. The third kappa shape index (κ3) is 2.03. The first-order valence-electron chi connectivity index (χ1n) is 4.91. The van der Waals surface area contributed by atoms with Gasteiger partial charge in [-0.1, -0.05) is 0 Å². The highest BCUT2D eigenvalue weighted by atomic mass is 35.5. The Morgan fingerprint density at radius 1 is 1.21 bits per heavy atom. The van der Waals surface area contributed by atoms with Crippen molar-refractivity contribution in [1.29, 1.82) is 0 Å². The summed E-state index contributed by atoms with van der Waals surface area (Å²) in [6.07, 6.45) is 1.38. The van der Waals surface area contributed by atoms with Gasteiger partial charge < -0.3 is 5.32 Å². The van der Waals surface area contributed by atoms with Crippen LogP contribution in [0.3, 0.4) is 0 Å². The maximum absolute atomic E-state index is 3.44. The van der Waals surface area contributed by atoms with Crippen molar-refractivity contribution in [2.75, 3.05) is 37.7 Å². The van der Waals surface area contributed by atoms with Crippen LogP contribution < -0.4 is 5.32 Å². The van der Waals surface area contributed by atoms with Gasteiger partial charge in [0.05, 0.1) is 0 Å². The number of hydrogen-bond acceptors (Lipinski definition) is 3. The van der Waals surface area contributed by atoms with Gasteiger partial charge >= 0.3 is 0 Å². The third-order valence-corrected chi connectivity index (χ3v) is 5.08. The number of rotatable bonds is 1. The minimum absolute atomic E-state index is 0. The van der Waals surface area contributed by atoms with Crippen LogP contribution in [-0.2, 0) is 0 Å². The summed E-state index contributed by atoms with van der Waals surface area (Å²) >= 11 is 2.12. The van der Waals surface area contributed by atoms with Gasteiger partial charge in [0.2, 0.25) is 0 Å². The molecule has 1 N–H and O–H groups in total. The van der Waals surface area contributed by atoms with Gasteiger partial charge in [0, 0.05) is 42.6 Å². The molecule has 5 heteroatoms. The summed E-state index contributed by atoms with van der Waals surface area (Å²) in [6, 6.07) is 0.876. The van der Waals surface area contributed by atoms with E-state index in [0.717, 1.165) is 11.5 Å². The van der Waals surface area contributed by atoms with E-state index >= 15 is 0 Å². The monoisotopic (exact) mass is 256 g/mol. The summed E-state index contributed by atoms with van der Waals surface area (Å²) in [7, 11) is 0. The number of halogens is 2. The second-order valence-corrected chi connectivity index (χ2v) is 5.53. The van der Waals surface area contributed by atoms with Crippen molar-refractivity contribution in [3.63, 3.8) is 0 Å². The minimum Gasteiger partial charge on any atom is -0.315 e. The Hall–Kier alpha value is 0.850. The van der Waals surface area contributed by atoms with Crippen molar-refractivity contribution >= 4 is 36.6 Å². The zero-order valence-electron chi connectivity index (χ0n) is 8.20. The molecule has 84 valence electrons. The Balaban J connectivity index is 0.000000490. The highest BCUT2D eigenvalue weighted by molar-refractivity contribution is 8.00. The van der Waals surface area contributed by atoms with E-state index < -0.39 is 0 Å². The molecule has 0 aromatic rings. The molecule has 3 fully saturated rings. The Kier molecular flexibility index (Phi) is 4.42. The second kappa shape index (κ2) is 4.79. The van der Waals surface area contributed by atoms with Crippen molar-refractivity contribution in [3.05, 3.63) is 0 Å². The Labute approximate surface area is 102 Å². The molecule has 3 rings (SSSR count). The molecular formula is C9H18Cl2N2S. The van der Waals surface area contributed by atoms with E-state index in [0.29, 0.717) is 0 Å². The van der Waals surface area contributed by atoms with Crippen molar-refractivity contribution in [3.8, 4) is 0 Å². The summed E-state index contributed by atoms with van der Waals surface area (Å²) in [5, 5.41) is 3.44. The highest BCUT2D eigenvalue weighted by Crippen LogP contribution is 2.46. The lowest BCUT2D eigenvalue weighted by molar-refractivity contribution is -0.000388. The number of nitrogens with zero attached hydrogens (tertiary/aromatic N) is 1. The van der Waals surface area contributed by atoms with Crippen LogP contribution in [-0.4, -0.2) is 48.6 Å². The lowest BCUT2D eigenvalue weighted by atomic mass is 9.81. The lowest BCUT2D eigenvalue weighted by Crippen LogP contribution is -2.65. The molecule has 0 unspecified atom stereocenters. The van der Waals surface area contributed by atoms with Crippen LogP contribution in [0.4, 0.5) is 0 Å². The van der Waals surface area contributed by atoms with Gasteiger partial charge in [0.15, 0.2) is 0 Å². The molecule has 3 heterocycles. The summed E-state index contributed by atoms with van der Waals surface area (Å²) in [5.74, 6) is 2.87.